The monoisotopic (exact) mass is 294 g/mol. The molecular formula is C14H19BrN2. The highest BCUT2D eigenvalue weighted by molar-refractivity contribution is 9.10. The smallest absolute Gasteiger partial charge is 0.143 e. The van der Waals surface area contributed by atoms with Gasteiger partial charge in [0.2, 0.25) is 0 Å². The van der Waals surface area contributed by atoms with Crippen LogP contribution in [0.5, 0.6) is 0 Å². The van der Waals surface area contributed by atoms with Gasteiger partial charge >= 0.3 is 0 Å². The van der Waals surface area contributed by atoms with E-state index in [1.54, 1.807) is 0 Å². The first-order chi connectivity index (χ1) is 8.36. The van der Waals surface area contributed by atoms with Crippen LogP contribution in [-0.2, 0) is 0 Å². The number of rotatable bonds is 2. The molecule has 17 heavy (non-hydrogen) atoms. The maximum Gasteiger partial charge on any atom is 0.143 e. The Balaban J connectivity index is 1.84. The van der Waals surface area contributed by atoms with Gasteiger partial charge in [-0.2, -0.15) is 0 Å². The van der Waals surface area contributed by atoms with E-state index in [1.807, 2.05) is 12.3 Å². The standard InChI is InChI=1S/C14H19BrN2/c15-12-7-3-9-16-14(12)17-10-4-8-13(17)11-5-1-2-6-11/h3,7,9,11,13H,1-2,4-6,8,10H2. The lowest BCUT2D eigenvalue weighted by atomic mass is 9.96. The summed E-state index contributed by atoms with van der Waals surface area (Å²) in [5.41, 5.74) is 0. The molecular weight excluding hydrogens is 276 g/mol. The largest absolute Gasteiger partial charge is 0.352 e. The molecule has 1 atom stereocenters. The van der Waals surface area contributed by atoms with Crippen molar-refractivity contribution in [3.63, 3.8) is 0 Å². The highest BCUT2D eigenvalue weighted by atomic mass is 79.9. The van der Waals surface area contributed by atoms with Gasteiger partial charge < -0.3 is 4.90 Å². The van der Waals surface area contributed by atoms with Crippen LogP contribution in [0.15, 0.2) is 22.8 Å². The van der Waals surface area contributed by atoms with Crippen molar-refractivity contribution in [2.75, 3.05) is 11.4 Å². The number of hydrogen-bond donors (Lipinski definition) is 0. The fraction of sp³-hybridized carbons (Fsp3) is 0.643. The summed E-state index contributed by atoms with van der Waals surface area (Å²) in [6.07, 6.45) is 10.3. The van der Waals surface area contributed by atoms with Crippen molar-refractivity contribution in [2.45, 2.75) is 44.6 Å². The molecule has 1 saturated carbocycles. The summed E-state index contributed by atoms with van der Waals surface area (Å²) < 4.78 is 1.14. The molecule has 3 heteroatoms. The summed E-state index contributed by atoms with van der Waals surface area (Å²) in [4.78, 5) is 7.10. The maximum atomic E-state index is 4.56. The molecule has 0 spiro atoms. The molecule has 2 fully saturated rings. The summed E-state index contributed by atoms with van der Waals surface area (Å²) in [6, 6.07) is 4.84. The summed E-state index contributed by atoms with van der Waals surface area (Å²) in [5, 5.41) is 0. The van der Waals surface area contributed by atoms with Gasteiger partial charge in [-0.15, -0.1) is 0 Å². The van der Waals surface area contributed by atoms with Gasteiger partial charge in [0.05, 0.1) is 4.47 Å². The molecule has 0 amide bonds. The average molecular weight is 295 g/mol. The molecule has 0 aromatic carbocycles. The van der Waals surface area contributed by atoms with E-state index in [-0.39, 0.29) is 0 Å². The summed E-state index contributed by atoms with van der Waals surface area (Å²) in [5.74, 6) is 2.06. The topological polar surface area (TPSA) is 16.1 Å². The normalized spacial score (nSPS) is 25.7. The third-order valence-corrected chi connectivity index (χ3v) is 4.87. The Morgan fingerprint density at radius 1 is 1.18 bits per heavy atom. The molecule has 2 nitrogen and oxygen atoms in total. The van der Waals surface area contributed by atoms with Crippen molar-refractivity contribution in [2.24, 2.45) is 5.92 Å². The van der Waals surface area contributed by atoms with Crippen LogP contribution < -0.4 is 4.90 Å². The Bertz CT molecular complexity index is 388. The molecule has 0 radical (unpaired) electrons. The van der Waals surface area contributed by atoms with E-state index < -0.39 is 0 Å². The number of aromatic nitrogens is 1. The first-order valence-corrected chi connectivity index (χ1v) is 7.53. The van der Waals surface area contributed by atoms with Crippen molar-refractivity contribution in [1.82, 2.24) is 4.98 Å². The molecule has 1 aliphatic carbocycles. The minimum atomic E-state index is 0.740. The average Bonchev–Trinajstić information content (AvgIpc) is 3.00. The number of halogens is 1. The first-order valence-electron chi connectivity index (χ1n) is 6.73. The second-order valence-electron chi connectivity index (χ2n) is 5.26. The van der Waals surface area contributed by atoms with Crippen LogP contribution in [0, 0.1) is 5.92 Å². The highest BCUT2D eigenvalue weighted by Crippen LogP contribution is 2.38. The Hall–Kier alpha value is -0.570. The van der Waals surface area contributed by atoms with Gasteiger partial charge in [0, 0.05) is 18.8 Å². The zero-order chi connectivity index (χ0) is 11.7. The minimum absolute atomic E-state index is 0.740. The van der Waals surface area contributed by atoms with Gasteiger partial charge in [-0.25, -0.2) is 4.98 Å². The van der Waals surface area contributed by atoms with Gasteiger partial charge in [0.1, 0.15) is 5.82 Å². The predicted octanol–water partition coefficient (Wildman–Crippen LogP) is 4.00. The number of pyridine rings is 1. The number of hydrogen-bond acceptors (Lipinski definition) is 2. The van der Waals surface area contributed by atoms with Gasteiger partial charge in [-0.3, -0.25) is 0 Å². The van der Waals surface area contributed by atoms with Crippen molar-refractivity contribution in [3.8, 4) is 0 Å². The van der Waals surface area contributed by atoms with Crippen LogP contribution >= 0.6 is 15.9 Å². The first kappa shape index (κ1) is 11.5. The lowest BCUT2D eigenvalue weighted by Gasteiger charge is -2.30. The van der Waals surface area contributed by atoms with Crippen LogP contribution in [0.25, 0.3) is 0 Å². The maximum absolute atomic E-state index is 4.56. The summed E-state index contributed by atoms with van der Waals surface area (Å²) >= 11 is 3.64. The quantitative estimate of drug-likeness (QED) is 0.819. The predicted molar refractivity (Wildman–Crippen MR) is 74.3 cm³/mol. The third-order valence-electron chi connectivity index (χ3n) is 4.25. The lowest BCUT2D eigenvalue weighted by molar-refractivity contribution is 0.429. The van der Waals surface area contributed by atoms with Gasteiger partial charge in [0.25, 0.3) is 0 Å². The van der Waals surface area contributed by atoms with E-state index in [9.17, 15) is 0 Å². The lowest BCUT2D eigenvalue weighted by Crippen LogP contribution is -2.35. The number of nitrogens with zero attached hydrogens (tertiary/aromatic N) is 2. The van der Waals surface area contributed by atoms with Gasteiger partial charge in [-0.05, 0) is 59.7 Å². The second-order valence-corrected chi connectivity index (χ2v) is 6.11. The molecule has 1 aromatic rings. The van der Waals surface area contributed by atoms with E-state index in [0.29, 0.717) is 0 Å². The van der Waals surface area contributed by atoms with Crippen LogP contribution in [0.1, 0.15) is 38.5 Å². The van der Waals surface area contributed by atoms with Gasteiger partial charge in [0.15, 0.2) is 0 Å². The molecule has 92 valence electrons. The Morgan fingerprint density at radius 3 is 2.76 bits per heavy atom. The van der Waals surface area contributed by atoms with Crippen molar-refractivity contribution >= 4 is 21.7 Å². The fourth-order valence-corrected chi connectivity index (χ4v) is 3.96. The van der Waals surface area contributed by atoms with Crippen LogP contribution in [0.3, 0.4) is 0 Å². The SMILES string of the molecule is Brc1cccnc1N1CCCC1C1CCCC1. The molecule has 1 unspecified atom stereocenters. The van der Waals surface area contributed by atoms with E-state index >= 15 is 0 Å². The third kappa shape index (κ3) is 2.22. The van der Waals surface area contributed by atoms with Gasteiger partial charge in [-0.1, -0.05) is 12.8 Å². The van der Waals surface area contributed by atoms with Crippen molar-refractivity contribution in [1.29, 1.82) is 0 Å². The molecule has 1 aliphatic heterocycles. The van der Waals surface area contributed by atoms with Crippen LogP contribution in [0.2, 0.25) is 0 Å². The zero-order valence-electron chi connectivity index (χ0n) is 10.1. The highest BCUT2D eigenvalue weighted by Gasteiger charge is 2.34. The molecule has 3 rings (SSSR count). The van der Waals surface area contributed by atoms with E-state index in [4.69, 9.17) is 0 Å². The zero-order valence-corrected chi connectivity index (χ0v) is 11.7. The fourth-order valence-electron chi connectivity index (χ4n) is 3.48. The summed E-state index contributed by atoms with van der Waals surface area (Å²) in [6.45, 7) is 1.18. The Labute approximate surface area is 112 Å². The van der Waals surface area contributed by atoms with Crippen LogP contribution in [0.4, 0.5) is 5.82 Å². The van der Waals surface area contributed by atoms with E-state index in [1.165, 1.54) is 45.1 Å². The molecule has 0 N–H and O–H groups in total. The second kappa shape index (κ2) is 4.97. The van der Waals surface area contributed by atoms with E-state index in [0.717, 1.165) is 22.3 Å². The Kier molecular flexibility index (Phi) is 3.37. The van der Waals surface area contributed by atoms with Crippen molar-refractivity contribution in [3.05, 3.63) is 22.8 Å². The molecule has 2 aliphatic rings. The van der Waals surface area contributed by atoms with E-state index in [2.05, 4.69) is 31.9 Å². The molecule has 0 bridgehead atoms. The van der Waals surface area contributed by atoms with Crippen molar-refractivity contribution < 1.29 is 0 Å². The molecule has 1 aromatic heterocycles. The Morgan fingerprint density at radius 2 is 2.00 bits per heavy atom. The molecule has 1 saturated heterocycles. The minimum Gasteiger partial charge on any atom is -0.352 e. The van der Waals surface area contributed by atoms with Crippen LogP contribution in [-0.4, -0.2) is 17.6 Å². The molecule has 2 heterocycles. The number of anilines is 1. The summed E-state index contributed by atoms with van der Waals surface area (Å²) in [7, 11) is 0.